The molecule has 2 aromatic rings. The molecule has 27 heavy (non-hydrogen) atoms. The monoisotopic (exact) mass is 365 g/mol. The Morgan fingerprint density at radius 1 is 1.04 bits per heavy atom. The van der Waals surface area contributed by atoms with Gasteiger partial charge in [0.15, 0.2) is 5.78 Å². The van der Waals surface area contributed by atoms with Gasteiger partial charge in [-0.15, -0.1) is 0 Å². The molecule has 2 aliphatic rings. The lowest BCUT2D eigenvalue weighted by molar-refractivity contribution is 0.0999. The van der Waals surface area contributed by atoms with Crippen molar-refractivity contribution in [1.29, 1.82) is 0 Å². The van der Waals surface area contributed by atoms with Crippen LogP contribution >= 0.6 is 0 Å². The van der Waals surface area contributed by atoms with Crippen molar-refractivity contribution in [2.24, 2.45) is 4.99 Å². The maximum atomic E-state index is 13.6. The number of benzene rings is 2. The van der Waals surface area contributed by atoms with Gasteiger partial charge in [0.25, 0.3) is 0 Å². The van der Waals surface area contributed by atoms with E-state index in [1.54, 1.807) is 6.92 Å². The first-order valence-electron chi connectivity index (χ1n) is 9.46. The molecule has 0 amide bonds. The summed E-state index contributed by atoms with van der Waals surface area (Å²) in [6.45, 7) is 6.07. The summed E-state index contributed by atoms with van der Waals surface area (Å²) >= 11 is 0. The first-order valence-corrected chi connectivity index (χ1v) is 9.46. The Morgan fingerprint density at radius 2 is 1.81 bits per heavy atom. The molecule has 0 saturated carbocycles. The number of hydrogen-bond acceptors (Lipinski definition) is 4. The smallest absolute Gasteiger partial charge is 0.171 e. The average molecular weight is 365 g/mol. The van der Waals surface area contributed by atoms with Crippen LogP contribution in [0.5, 0.6) is 0 Å². The van der Waals surface area contributed by atoms with Gasteiger partial charge in [-0.1, -0.05) is 12.1 Å². The van der Waals surface area contributed by atoms with Gasteiger partial charge in [0, 0.05) is 30.9 Å². The molecule has 0 N–H and O–H groups in total. The van der Waals surface area contributed by atoms with E-state index in [0.717, 1.165) is 43.9 Å². The largest absolute Gasteiger partial charge is 0.370 e. The quantitative estimate of drug-likeness (QED) is 0.808. The molecule has 0 spiro atoms. The summed E-state index contributed by atoms with van der Waals surface area (Å²) in [5.74, 6) is -0.456. The van der Waals surface area contributed by atoms with Crippen LogP contribution in [0.4, 0.5) is 15.8 Å². The molecule has 2 aromatic carbocycles. The highest BCUT2D eigenvalue weighted by molar-refractivity contribution is 6.21. The summed E-state index contributed by atoms with van der Waals surface area (Å²) in [6.07, 6.45) is 1.37. The van der Waals surface area contributed by atoms with Crippen LogP contribution in [0.3, 0.4) is 0 Å². The van der Waals surface area contributed by atoms with E-state index in [4.69, 9.17) is 0 Å². The number of rotatable bonds is 2. The van der Waals surface area contributed by atoms with Crippen LogP contribution in [0.25, 0.3) is 0 Å². The minimum absolute atomic E-state index is 0.0720. The predicted octanol–water partition coefficient (Wildman–Crippen LogP) is 3.98. The highest BCUT2D eigenvalue weighted by Crippen LogP contribution is 2.32. The van der Waals surface area contributed by atoms with Gasteiger partial charge >= 0.3 is 0 Å². The van der Waals surface area contributed by atoms with Crippen molar-refractivity contribution in [1.82, 2.24) is 4.90 Å². The van der Waals surface area contributed by atoms with Gasteiger partial charge in [0.2, 0.25) is 0 Å². The number of anilines is 1. The van der Waals surface area contributed by atoms with Crippen LogP contribution in [0, 0.1) is 12.7 Å². The first kappa shape index (κ1) is 17.9. The predicted molar refractivity (Wildman–Crippen MR) is 107 cm³/mol. The molecule has 2 aliphatic heterocycles. The van der Waals surface area contributed by atoms with Crippen molar-refractivity contribution in [3.8, 4) is 0 Å². The number of carbonyl (C=O) groups is 1. The van der Waals surface area contributed by atoms with Crippen LogP contribution < -0.4 is 4.90 Å². The molecule has 0 atom stereocenters. The first-order chi connectivity index (χ1) is 13.0. The fourth-order valence-electron chi connectivity index (χ4n) is 3.85. The van der Waals surface area contributed by atoms with Crippen molar-refractivity contribution in [3.63, 3.8) is 0 Å². The molecule has 4 rings (SSSR count). The molecule has 1 saturated heterocycles. The van der Waals surface area contributed by atoms with E-state index in [9.17, 15) is 9.18 Å². The van der Waals surface area contributed by atoms with Crippen LogP contribution in [0.2, 0.25) is 0 Å². The lowest BCUT2D eigenvalue weighted by atomic mass is 9.94. The third kappa shape index (κ3) is 3.65. The highest BCUT2D eigenvalue weighted by Gasteiger charge is 2.23. The van der Waals surface area contributed by atoms with Crippen molar-refractivity contribution in [3.05, 3.63) is 58.9 Å². The molecular weight excluding hydrogens is 341 g/mol. The third-order valence-electron chi connectivity index (χ3n) is 5.43. The molecule has 4 nitrogen and oxygen atoms in total. The minimum atomic E-state index is -0.384. The van der Waals surface area contributed by atoms with Gasteiger partial charge in [-0.25, -0.2) is 4.39 Å². The number of nitrogens with zero attached hydrogens (tertiary/aromatic N) is 3. The molecule has 0 bridgehead atoms. The Hall–Kier alpha value is -2.53. The van der Waals surface area contributed by atoms with Gasteiger partial charge in [-0.2, -0.15) is 0 Å². The Morgan fingerprint density at radius 3 is 2.59 bits per heavy atom. The van der Waals surface area contributed by atoms with Crippen molar-refractivity contribution >= 4 is 22.9 Å². The van der Waals surface area contributed by atoms with Gasteiger partial charge in [0.05, 0.1) is 17.8 Å². The second-order valence-corrected chi connectivity index (χ2v) is 7.47. The van der Waals surface area contributed by atoms with E-state index in [2.05, 4.69) is 34.0 Å². The Balaban J connectivity index is 1.60. The van der Waals surface area contributed by atoms with E-state index in [1.165, 1.54) is 17.8 Å². The third-order valence-corrected chi connectivity index (χ3v) is 5.43. The average Bonchev–Trinajstić information content (AvgIpc) is 2.87. The van der Waals surface area contributed by atoms with Crippen LogP contribution in [-0.4, -0.2) is 49.6 Å². The number of likely N-dealkylation sites (N-methyl/N-ethyl adjacent to an activating group) is 1. The zero-order valence-corrected chi connectivity index (χ0v) is 15.8. The second kappa shape index (κ2) is 7.24. The minimum Gasteiger partial charge on any atom is -0.370 e. The Kier molecular flexibility index (Phi) is 4.79. The number of aliphatic imine (C=N–C) groups is 1. The molecule has 5 heteroatoms. The number of ketones is 1. The SMILES string of the molecule is Cc1cc(F)cc2c1N=C(c1ccc(N3CCCN(C)CC3)cc1)CC2=O. The standard InChI is InChI=1S/C22H24FN3O/c1-15-12-17(23)13-19-21(27)14-20(24-22(15)19)16-4-6-18(7-5-16)26-9-3-8-25(2)10-11-26/h4-7,12-13H,3,8-11,14H2,1-2H3. The van der Waals surface area contributed by atoms with Crippen molar-refractivity contribution < 1.29 is 9.18 Å². The van der Waals surface area contributed by atoms with Gasteiger partial charge in [0.1, 0.15) is 5.82 Å². The Bertz CT molecular complexity index is 905. The zero-order valence-electron chi connectivity index (χ0n) is 15.8. The fourth-order valence-corrected chi connectivity index (χ4v) is 3.85. The molecule has 0 unspecified atom stereocenters. The topological polar surface area (TPSA) is 35.9 Å². The molecule has 0 aromatic heterocycles. The normalized spacial score (nSPS) is 18.1. The summed E-state index contributed by atoms with van der Waals surface area (Å²) in [5.41, 5.74) is 4.60. The Labute approximate surface area is 159 Å². The van der Waals surface area contributed by atoms with Gasteiger partial charge in [-0.3, -0.25) is 9.79 Å². The maximum absolute atomic E-state index is 13.6. The van der Waals surface area contributed by atoms with Crippen LogP contribution in [-0.2, 0) is 0 Å². The number of aryl methyl sites for hydroxylation is 1. The number of Topliss-reactive ketones (excluding diaryl/α,β-unsaturated/α-hetero) is 1. The summed E-state index contributed by atoms with van der Waals surface area (Å²) in [7, 11) is 2.16. The number of halogens is 1. The molecular formula is C22H24FN3O. The molecule has 0 aliphatic carbocycles. The number of hydrogen-bond donors (Lipinski definition) is 0. The lowest BCUT2D eigenvalue weighted by Gasteiger charge is -2.23. The van der Waals surface area contributed by atoms with E-state index >= 15 is 0 Å². The van der Waals surface area contributed by atoms with E-state index in [1.807, 2.05) is 12.1 Å². The number of fused-ring (bicyclic) bond motifs is 1. The molecule has 2 heterocycles. The van der Waals surface area contributed by atoms with E-state index in [-0.39, 0.29) is 18.0 Å². The van der Waals surface area contributed by atoms with Gasteiger partial charge in [-0.05, 0) is 62.3 Å². The highest BCUT2D eigenvalue weighted by atomic mass is 19.1. The number of carbonyl (C=O) groups excluding carboxylic acids is 1. The van der Waals surface area contributed by atoms with Crippen molar-refractivity contribution in [2.75, 3.05) is 38.1 Å². The summed E-state index contributed by atoms with van der Waals surface area (Å²) in [4.78, 5) is 21.9. The van der Waals surface area contributed by atoms with E-state index < -0.39 is 0 Å². The summed E-state index contributed by atoms with van der Waals surface area (Å²) in [5, 5.41) is 0. The van der Waals surface area contributed by atoms with Crippen LogP contribution in [0.1, 0.15) is 34.3 Å². The van der Waals surface area contributed by atoms with Gasteiger partial charge < -0.3 is 9.80 Å². The maximum Gasteiger partial charge on any atom is 0.171 e. The van der Waals surface area contributed by atoms with Crippen molar-refractivity contribution in [2.45, 2.75) is 19.8 Å². The lowest BCUT2D eigenvalue weighted by Crippen LogP contribution is -2.28. The fraction of sp³-hybridized carbons (Fsp3) is 0.364. The molecule has 140 valence electrons. The summed E-state index contributed by atoms with van der Waals surface area (Å²) < 4.78 is 13.6. The molecule has 0 radical (unpaired) electrons. The van der Waals surface area contributed by atoms with E-state index in [0.29, 0.717) is 16.8 Å². The molecule has 1 fully saturated rings. The second-order valence-electron chi connectivity index (χ2n) is 7.47. The zero-order chi connectivity index (χ0) is 19.0. The van der Waals surface area contributed by atoms with Crippen LogP contribution in [0.15, 0.2) is 41.4 Å². The summed E-state index contributed by atoms with van der Waals surface area (Å²) in [6, 6.07) is 11.0.